The lowest BCUT2D eigenvalue weighted by molar-refractivity contribution is -0.153. The summed E-state index contributed by atoms with van der Waals surface area (Å²) < 4.78 is 5.00. The van der Waals surface area contributed by atoms with Crippen molar-refractivity contribution in [2.24, 2.45) is 11.8 Å². The van der Waals surface area contributed by atoms with Gasteiger partial charge in [-0.25, -0.2) is 0 Å². The molecule has 0 spiro atoms. The number of aliphatic hydroxyl groups is 2. The van der Waals surface area contributed by atoms with Crippen molar-refractivity contribution in [1.82, 2.24) is 0 Å². The summed E-state index contributed by atoms with van der Waals surface area (Å²) in [5.74, 6) is -0.647. The molecule has 1 aromatic carbocycles. The van der Waals surface area contributed by atoms with Crippen molar-refractivity contribution in [3.05, 3.63) is 32.8 Å². The molecule has 5 atom stereocenters. The minimum absolute atomic E-state index is 0.0265. The monoisotopic (exact) mass is 400 g/mol. The minimum atomic E-state index is -0.570. The third-order valence-electron chi connectivity index (χ3n) is 6.44. The van der Waals surface area contributed by atoms with Gasteiger partial charge in [-0.15, -0.1) is 0 Å². The Balaban J connectivity index is 2.13. The third kappa shape index (κ3) is 3.05. The van der Waals surface area contributed by atoms with Crippen LogP contribution in [0.5, 0.6) is 0 Å². The molecule has 0 radical (unpaired) electrons. The fourth-order valence-electron chi connectivity index (χ4n) is 5.14. The van der Waals surface area contributed by atoms with E-state index in [1.807, 2.05) is 13.0 Å². The highest BCUT2D eigenvalue weighted by molar-refractivity contribution is 6.36. The highest BCUT2D eigenvalue weighted by atomic mass is 35.5. The number of benzene rings is 1. The largest absolute Gasteiger partial charge is 0.469 e. The summed E-state index contributed by atoms with van der Waals surface area (Å²) in [7, 11) is 1.40. The molecule has 2 aliphatic carbocycles. The van der Waals surface area contributed by atoms with Crippen LogP contribution in [0.3, 0.4) is 0 Å². The van der Waals surface area contributed by atoms with E-state index in [1.165, 1.54) is 7.11 Å². The molecule has 0 saturated heterocycles. The molecule has 0 bridgehead atoms. The van der Waals surface area contributed by atoms with Crippen LogP contribution < -0.4 is 0 Å². The fourth-order valence-corrected chi connectivity index (χ4v) is 6.06. The highest BCUT2D eigenvalue weighted by Gasteiger charge is 2.52. The number of rotatable bonds is 3. The van der Waals surface area contributed by atoms with E-state index in [-0.39, 0.29) is 30.3 Å². The first-order valence-corrected chi connectivity index (χ1v) is 9.88. The van der Waals surface area contributed by atoms with Gasteiger partial charge in [-0.2, -0.15) is 0 Å². The van der Waals surface area contributed by atoms with Gasteiger partial charge >= 0.3 is 5.97 Å². The van der Waals surface area contributed by atoms with Gasteiger partial charge in [0, 0.05) is 22.6 Å². The molecule has 144 valence electrons. The number of esters is 1. The molecule has 0 aromatic heterocycles. The van der Waals surface area contributed by atoms with E-state index >= 15 is 0 Å². The van der Waals surface area contributed by atoms with Crippen LogP contribution in [0.25, 0.3) is 0 Å². The maximum absolute atomic E-state index is 12.3. The Morgan fingerprint density at radius 3 is 2.77 bits per heavy atom. The number of carbonyl (C=O) groups is 1. The van der Waals surface area contributed by atoms with E-state index in [1.54, 1.807) is 0 Å². The van der Waals surface area contributed by atoms with Crippen LogP contribution in [0.15, 0.2) is 6.07 Å². The van der Waals surface area contributed by atoms with Gasteiger partial charge in [-0.05, 0) is 59.8 Å². The van der Waals surface area contributed by atoms with Gasteiger partial charge in [0.25, 0.3) is 0 Å². The Morgan fingerprint density at radius 1 is 1.46 bits per heavy atom. The van der Waals surface area contributed by atoms with Crippen molar-refractivity contribution in [3.63, 3.8) is 0 Å². The fraction of sp³-hybridized carbons (Fsp3) is 0.650. The Labute approximate surface area is 164 Å². The topological polar surface area (TPSA) is 66.8 Å². The number of fused-ring (bicyclic) bond motifs is 3. The molecule has 2 aliphatic rings. The summed E-state index contributed by atoms with van der Waals surface area (Å²) >= 11 is 13.3. The molecule has 6 heteroatoms. The molecule has 2 N–H and O–H groups in total. The van der Waals surface area contributed by atoms with Gasteiger partial charge < -0.3 is 14.9 Å². The van der Waals surface area contributed by atoms with E-state index in [4.69, 9.17) is 27.9 Å². The standard InChI is InChI=1S/C20H26Cl2O4/c1-10(9-23)17-16(21)7-15-12(18(17)22)4-5-14-13(19(25)26-3)6-11(24)8-20(14,15)2/h7,10-11,13-14,23-24H,4-6,8-9H2,1-3H3. The Hall–Kier alpha value is -0.810. The number of halogens is 2. The molecule has 0 aliphatic heterocycles. The molecular formula is C20H26Cl2O4. The zero-order valence-electron chi connectivity index (χ0n) is 15.4. The third-order valence-corrected chi connectivity index (χ3v) is 7.18. The van der Waals surface area contributed by atoms with E-state index in [0.717, 1.165) is 29.5 Å². The van der Waals surface area contributed by atoms with Crippen molar-refractivity contribution >= 4 is 29.2 Å². The number of hydrogen-bond acceptors (Lipinski definition) is 4. The average Bonchev–Trinajstić information content (AvgIpc) is 2.60. The van der Waals surface area contributed by atoms with Crippen molar-refractivity contribution in [1.29, 1.82) is 0 Å². The smallest absolute Gasteiger partial charge is 0.309 e. The van der Waals surface area contributed by atoms with Gasteiger partial charge in [0.15, 0.2) is 0 Å². The van der Waals surface area contributed by atoms with Gasteiger partial charge in [-0.3, -0.25) is 4.79 Å². The predicted octanol–water partition coefficient (Wildman–Crippen LogP) is 3.85. The summed E-state index contributed by atoms with van der Waals surface area (Å²) in [6.45, 7) is 3.96. The van der Waals surface area contributed by atoms with Gasteiger partial charge in [0.05, 0.1) is 19.1 Å². The van der Waals surface area contributed by atoms with Crippen LogP contribution in [-0.2, 0) is 21.4 Å². The van der Waals surface area contributed by atoms with Crippen LogP contribution in [0.2, 0.25) is 10.0 Å². The average molecular weight is 401 g/mol. The zero-order chi connectivity index (χ0) is 19.2. The first kappa shape index (κ1) is 19.9. The summed E-state index contributed by atoms with van der Waals surface area (Å²) in [6, 6.07) is 1.93. The zero-order valence-corrected chi connectivity index (χ0v) is 16.9. The summed E-state index contributed by atoms with van der Waals surface area (Å²) in [5, 5.41) is 21.1. The normalized spacial score (nSPS) is 31.7. The number of aliphatic hydroxyl groups excluding tert-OH is 2. The molecule has 1 saturated carbocycles. The number of carbonyl (C=O) groups excluding carboxylic acids is 1. The van der Waals surface area contributed by atoms with Crippen molar-refractivity contribution in [2.45, 2.75) is 57.0 Å². The van der Waals surface area contributed by atoms with E-state index in [2.05, 4.69) is 6.92 Å². The number of hydrogen-bond donors (Lipinski definition) is 2. The second kappa shape index (κ2) is 7.31. The second-order valence-electron chi connectivity index (χ2n) is 7.98. The number of ether oxygens (including phenoxy) is 1. The van der Waals surface area contributed by atoms with Gasteiger partial charge in [-0.1, -0.05) is 37.0 Å². The molecule has 1 fully saturated rings. The Bertz CT molecular complexity index is 720. The molecule has 0 heterocycles. The Kier molecular flexibility index (Phi) is 5.60. The maximum atomic E-state index is 12.3. The minimum Gasteiger partial charge on any atom is -0.469 e. The lowest BCUT2D eigenvalue weighted by Crippen LogP contribution is -2.50. The molecule has 26 heavy (non-hydrogen) atoms. The number of methoxy groups -OCH3 is 1. The Morgan fingerprint density at radius 2 is 2.15 bits per heavy atom. The van der Waals surface area contributed by atoms with Crippen molar-refractivity contribution < 1.29 is 19.7 Å². The van der Waals surface area contributed by atoms with Crippen LogP contribution in [0.1, 0.15) is 55.7 Å². The molecule has 3 rings (SSSR count). The summed E-state index contributed by atoms with van der Waals surface area (Å²) in [5.41, 5.74) is 2.43. The van der Waals surface area contributed by atoms with E-state index in [0.29, 0.717) is 22.9 Å². The lowest BCUT2D eigenvalue weighted by atomic mass is 9.54. The lowest BCUT2D eigenvalue weighted by Gasteiger charge is -2.51. The van der Waals surface area contributed by atoms with Crippen LogP contribution in [-0.4, -0.2) is 36.0 Å². The molecule has 5 unspecified atom stereocenters. The summed E-state index contributed by atoms with van der Waals surface area (Å²) in [4.78, 5) is 12.3. The quantitative estimate of drug-likeness (QED) is 0.755. The van der Waals surface area contributed by atoms with Crippen LogP contribution >= 0.6 is 23.2 Å². The molecule has 4 nitrogen and oxygen atoms in total. The van der Waals surface area contributed by atoms with E-state index in [9.17, 15) is 15.0 Å². The van der Waals surface area contributed by atoms with Gasteiger partial charge in [0.1, 0.15) is 0 Å². The predicted molar refractivity (Wildman–Crippen MR) is 102 cm³/mol. The molecule has 1 aromatic rings. The van der Waals surface area contributed by atoms with Crippen molar-refractivity contribution in [3.8, 4) is 0 Å². The highest BCUT2D eigenvalue weighted by Crippen LogP contribution is 2.55. The first-order chi connectivity index (χ1) is 12.2. The van der Waals surface area contributed by atoms with E-state index < -0.39 is 11.5 Å². The maximum Gasteiger partial charge on any atom is 0.309 e. The van der Waals surface area contributed by atoms with Crippen molar-refractivity contribution in [2.75, 3.05) is 13.7 Å². The first-order valence-electron chi connectivity index (χ1n) is 9.12. The second-order valence-corrected chi connectivity index (χ2v) is 8.77. The SMILES string of the molecule is COC(=O)C1CC(O)CC2(C)c3cc(Cl)c(C(C)CO)c(Cl)c3CCC12. The van der Waals surface area contributed by atoms with Crippen LogP contribution in [0.4, 0.5) is 0 Å². The summed E-state index contributed by atoms with van der Waals surface area (Å²) in [6.07, 6.45) is 1.99. The molecule has 0 amide bonds. The van der Waals surface area contributed by atoms with Crippen LogP contribution in [0, 0.1) is 11.8 Å². The van der Waals surface area contributed by atoms with Gasteiger partial charge in [0.2, 0.25) is 0 Å². The molecular weight excluding hydrogens is 375 g/mol.